The summed E-state index contributed by atoms with van der Waals surface area (Å²) in [5.74, 6) is 0.882. The molecule has 2 N–H and O–H groups in total. The van der Waals surface area contributed by atoms with Crippen molar-refractivity contribution in [2.75, 3.05) is 0 Å². The molecule has 0 spiro atoms. The predicted octanol–water partition coefficient (Wildman–Crippen LogP) is 10.5. The number of nitrogens with zero attached hydrogens (tertiary/aromatic N) is 2. The van der Waals surface area contributed by atoms with Crippen LogP contribution in [0.3, 0.4) is 0 Å². The molecule has 0 amide bonds. The molecule has 0 bridgehead atoms. The summed E-state index contributed by atoms with van der Waals surface area (Å²) < 4.78 is 2.42. The summed E-state index contributed by atoms with van der Waals surface area (Å²) in [5.41, 5.74) is 11.7. The molecular formula is C45H34N4. The Morgan fingerprint density at radius 3 is 1.78 bits per heavy atom. The third-order valence-electron chi connectivity index (χ3n) is 9.51. The lowest BCUT2D eigenvalue weighted by Crippen LogP contribution is -2.44. The smallest absolute Gasteiger partial charge is 0.131 e. The minimum atomic E-state index is -0.171. The second-order valence-electron chi connectivity index (χ2n) is 12.5. The molecule has 49 heavy (non-hydrogen) atoms. The van der Waals surface area contributed by atoms with E-state index in [1.807, 2.05) is 12.1 Å². The van der Waals surface area contributed by atoms with Gasteiger partial charge in [-0.15, -0.1) is 0 Å². The largest absolute Gasteiger partial charge is 0.350 e. The van der Waals surface area contributed by atoms with Crippen LogP contribution in [0.4, 0.5) is 0 Å². The molecular weight excluding hydrogens is 597 g/mol. The molecule has 4 nitrogen and oxygen atoms in total. The first kappa shape index (κ1) is 29.0. The van der Waals surface area contributed by atoms with Gasteiger partial charge in [-0.3, -0.25) is 5.32 Å². The van der Waals surface area contributed by atoms with Gasteiger partial charge < -0.3 is 9.88 Å². The van der Waals surface area contributed by atoms with Crippen LogP contribution in [0, 0.1) is 0 Å². The molecule has 2 unspecified atom stereocenters. The maximum absolute atomic E-state index is 5.08. The van der Waals surface area contributed by atoms with E-state index in [2.05, 4.69) is 185 Å². The lowest BCUT2D eigenvalue weighted by atomic mass is 9.98. The number of nitrogens with one attached hydrogen (secondary N) is 2. The van der Waals surface area contributed by atoms with E-state index in [1.165, 1.54) is 44.1 Å². The molecule has 0 saturated heterocycles. The van der Waals surface area contributed by atoms with Crippen LogP contribution >= 0.6 is 0 Å². The second-order valence-corrected chi connectivity index (χ2v) is 12.5. The van der Waals surface area contributed by atoms with Crippen molar-refractivity contribution in [3.05, 3.63) is 199 Å². The minimum Gasteiger partial charge on any atom is -0.350 e. The molecule has 0 saturated carbocycles. The van der Waals surface area contributed by atoms with Gasteiger partial charge in [0.2, 0.25) is 0 Å². The third-order valence-corrected chi connectivity index (χ3v) is 9.51. The average Bonchev–Trinajstić information content (AvgIpc) is 3.53. The fourth-order valence-electron chi connectivity index (χ4n) is 7.09. The van der Waals surface area contributed by atoms with Gasteiger partial charge in [-0.1, -0.05) is 164 Å². The number of aliphatic imine (C=N–C) groups is 1. The van der Waals surface area contributed by atoms with E-state index in [0.717, 1.165) is 28.2 Å². The highest BCUT2D eigenvalue weighted by Gasteiger charge is 2.25. The van der Waals surface area contributed by atoms with E-state index in [1.54, 1.807) is 0 Å². The van der Waals surface area contributed by atoms with E-state index in [-0.39, 0.29) is 12.3 Å². The molecule has 4 heteroatoms. The Balaban J connectivity index is 1.12. The van der Waals surface area contributed by atoms with Crippen LogP contribution < -0.4 is 10.6 Å². The van der Waals surface area contributed by atoms with Crippen LogP contribution in [0.2, 0.25) is 0 Å². The molecule has 0 aliphatic carbocycles. The normalized spacial score (nSPS) is 16.0. The van der Waals surface area contributed by atoms with Gasteiger partial charge in [0, 0.05) is 27.6 Å². The number of para-hydroxylation sites is 2. The molecule has 1 aromatic heterocycles. The van der Waals surface area contributed by atoms with Gasteiger partial charge in [-0.05, 0) is 46.0 Å². The zero-order valence-corrected chi connectivity index (χ0v) is 26.9. The summed E-state index contributed by atoms with van der Waals surface area (Å²) in [6.07, 6.45) is -0.292. The Kier molecular flexibility index (Phi) is 7.34. The first-order valence-corrected chi connectivity index (χ1v) is 16.8. The van der Waals surface area contributed by atoms with E-state index in [0.29, 0.717) is 0 Å². The van der Waals surface area contributed by atoms with Gasteiger partial charge in [-0.25, -0.2) is 4.99 Å². The summed E-state index contributed by atoms with van der Waals surface area (Å²) in [6, 6.07) is 64.6. The minimum absolute atomic E-state index is 0.121. The summed E-state index contributed by atoms with van der Waals surface area (Å²) in [6.45, 7) is 0. The van der Waals surface area contributed by atoms with Crippen LogP contribution in [0.15, 0.2) is 187 Å². The number of hydrogen-bond acceptors (Lipinski definition) is 3. The van der Waals surface area contributed by atoms with Crippen LogP contribution in [0.1, 0.15) is 29.0 Å². The average molecular weight is 631 g/mol. The number of rotatable bonds is 6. The predicted molar refractivity (Wildman–Crippen MR) is 203 cm³/mol. The Hall–Kier alpha value is -6.23. The van der Waals surface area contributed by atoms with E-state index >= 15 is 0 Å². The summed E-state index contributed by atoms with van der Waals surface area (Å²) >= 11 is 0. The molecule has 0 radical (unpaired) electrons. The molecule has 0 fully saturated rings. The first-order chi connectivity index (χ1) is 24.3. The Morgan fingerprint density at radius 1 is 0.449 bits per heavy atom. The Labute approximate surface area is 286 Å². The number of benzene rings is 7. The first-order valence-electron chi connectivity index (χ1n) is 16.8. The SMILES string of the molecule is c1ccc(C2=NC(c3ccccc3)NC(c3ccc(-n4c5ccccc5c5cccc(-c6ccc(-c7ccccc7)cc6)c54)cc3)N2)cc1. The van der Waals surface area contributed by atoms with Crippen molar-refractivity contribution in [1.29, 1.82) is 0 Å². The van der Waals surface area contributed by atoms with Crippen molar-refractivity contribution in [3.63, 3.8) is 0 Å². The molecule has 1 aliphatic rings. The van der Waals surface area contributed by atoms with Crippen LogP contribution in [-0.2, 0) is 0 Å². The maximum Gasteiger partial charge on any atom is 0.131 e. The third kappa shape index (κ3) is 5.38. The lowest BCUT2D eigenvalue weighted by Gasteiger charge is -2.32. The molecule has 9 rings (SSSR count). The highest BCUT2D eigenvalue weighted by atomic mass is 15.3. The number of amidine groups is 1. The van der Waals surface area contributed by atoms with Crippen LogP contribution in [-0.4, -0.2) is 10.4 Å². The quantitative estimate of drug-likeness (QED) is 0.192. The van der Waals surface area contributed by atoms with Crippen molar-refractivity contribution in [2.24, 2.45) is 4.99 Å². The molecule has 2 heterocycles. The van der Waals surface area contributed by atoms with Gasteiger partial charge in [0.05, 0.1) is 11.0 Å². The number of fused-ring (bicyclic) bond motifs is 3. The summed E-state index contributed by atoms with van der Waals surface area (Å²) in [5, 5.41) is 9.91. The Morgan fingerprint density at radius 2 is 1.04 bits per heavy atom. The molecule has 7 aromatic carbocycles. The maximum atomic E-state index is 5.08. The Bertz CT molecular complexity index is 2410. The van der Waals surface area contributed by atoms with E-state index in [4.69, 9.17) is 4.99 Å². The standard InChI is InChI=1S/C45H34N4/c1-4-13-31(14-5-1)32-23-25-33(26-24-32)38-20-12-21-40-39-19-10-11-22-41(39)49(42(38)40)37-29-27-36(28-30-37)45-47-43(34-15-6-2-7-16-34)46-44(48-45)35-17-8-3-9-18-35/h1-30,43,45,47H,(H,46,48). The zero-order valence-electron chi connectivity index (χ0n) is 26.9. The van der Waals surface area contributed by atoms with Crippen molar-refractivity contribution < 1.29 is 0 Å². The highest BCUT2D eigenvalue weighted by Crippen LogP contribution is 2.39. The molecule has 234 valence electrons. The van der Waals surface area contributed by atoms with Gasteiger partial charge in [0.15, 0.2) is 0 Å². The van der Waals surface area contributed by atoms with E-state index < -0.39 is 0 Å². The molecule has 8 aromatic rings. The molecule has 2 atom stereocenters. The fraction of sp³-hybridized carbons (Fsp3) is 0.0444. The van der Waals surface area contributed by atoms with Crippen molar-refractivity contribution in [1.82, 2.24) is 15.2 Å². The second kappa shape index (κ2) is 12.4. The monoisotopic (exact) mass is 630 g/mol. The number of hydrogen-bond donors (Lipinski definition) is 2. The van der Waals surface area contributed by atoms with Crippen LogP contribution in [0.25, 0.3) is 49.7 Å². The highest BCUT2D eigenvalue weighted by molar-refractivity contribution is 6.13. The fourth-order valence-corrected chi connectivity index (χ4v) is 7.09. The molecule has 1 aliphatic heterocycles. The van der Waals surface area contributed by atoms with Gasteiger partial charge >= 0.3 is 0 Å². The van der Waals surface area contributed by atoms with Crippen molar-refractivity contribution >= 4 is 27.6 Å². The van der Waals surface area contributed by atoms with Crippen molar-refractivity contribution in [2.45, 2.75) is 12.3 Å². The van der Waals surface area contributed by atoms with Crippen LogP contribution in [0.5, 0.6) is 0 Å². The number of aromatic nitrogens is 1. The lowest BCUT2D eigenvalue weighted by molar-refractivity contribution is 0.409. The zero-order chi connectivity index (χ0) is 32.6. The van der Waals surface area contributed by atoms with Gasteiger partial charge in [0.25, 0.3) is 0 Å². The van der Waals surface area contributed by atoms with Gasteiger partial charge in [-0.2, -0.15) is 0 Å². The summed E-state index contributed by atoms with van der Waals surface area (Å²) in [7, 11) is 0. The van der Waals surface area contributed by atoms with E-state index in [9.17, 15) is 0 Å². The topological polar surface area (TPSA) is 41.4 Å². The van der Waals surface area contributed by atoms with Gasteiger partial charge in [0.1, 0.15) is 18.2 Å². The summed E-state index contributed by atoms with van der Waals surface area (Å²) in [4.78, 5) is 5.08. The van der Waals surface area contributed by atoms with Crippen molar-refractivity contribution in [3.8, 4) is 27.9 Å².